The molecule has 5 nitrogen and oxygen atoms in total. The van der Waals surface area contributed by atoms with Crippen LogP contribution in [0.1, 0.15) is 48.4 Å². The molecule has 173 valence electrons. The van der Waals surface area contributed by atoms with Crippen LogP contribution in [0.5, 0.6) is 5.75 Å². The number of rotatable bonds is 5. The highest BCUT2D eigenvalue weighted by molar-refractivity contribution is 5.79. The Bertz CT molecular complexity index is 1370. The smallest absolute Gasteiger partial charge is 0.143 e. The molecule has 3 heterocycles. The van der Waals surface area contributed by atoms with Gasteiger partial charge in [-0.05, 0) is 62.1 Å². The summed E-state index contributed by atoms with van der Waals surface area (Å²) >= 11 is 0. The van der Waals surface area contributed by atoms with Gasteiger partial charge in [0.15, 0.2) is 0 Å². The molecule has 1 saturated heterocycles. The molecule has 1 radical (unpaired) electrons. The highest BCUT2D eigenvalue weighted by Crippen LogP contribution is 2.35. The Morgan fingerprint density at radius 1 is 1.15 bits per heavy atom. The van der Waals surface area contributed by atoms with Crippen LogP contribution in [-0.2, 0) is 11.3 Å². The van der Waals surface area contributed by atoms with Gasteiger partial charge in [-0.25, -0.2) is 9.37 Å². The second-order valence-corrected chi connectivity index (χ2v) is 9.10. The maximum absolute atomic E-state index is 14.0. The molecule has 1 aromatic heterocycles. The topological polar surface area (TPSA) is 48.3 Å². The number of imidazole rings is 1. The van der Waals surface area contributed by atoms with E-state index in [1.807, 2.05) is 13.0 Å². The molecule has 34 heavy (non-hydrogen) atoms. The van der Waals surface area contributed by atoms with Gasteiger partial charge in [-0.15, -0.1) is 0 Å². The first kappa shape index (κ1) is 21.2. The lowest BCUT2D eigenvalue weighted by molar-refractivity contribution is 0.104. The normalized spacial score (nSPS) is 19.4. The van der Waals surface area contributed by atoms with E-state index in [4.69, 9.17) is 14.5 Å². The van der Waals surface area contributed by atoms with E-state index in [1.165, 1.54) is 17.7 Å². The first-order valence-electron chi connectivity index (χ1n) is 11.8. The Kier molecular flexibility index (Phi) is 5.26. The van der Waals surface area contributed by atoms with Gasteiger partial charge in [0.1, 0.15) is 29.6 Å². The van der Waals surface area contributed by atoms with Crippen LogP contribution in [0.3, 0.4) is 0 Å². The summed E-state index contributed by atoms with van der Waals surface area (Å²) in [6, 6.07) is 17.3. The average molecular weight is 457 g/mol. The van der Waals surface area contributed by atoms with Crippen molar-refractivity contribution in [3.05, 3.63) is 89.4 Å². The second kappa shape index (κ2) is 8.44. The molecule has 6 heteroatoms. The Labute approximate surface area is 198 Å². The van der Waals surface area contributed by atoms with Crippen LogP contribution in [0.25, 0.3) is 16.7 Å². The van der Waals surface area contributed by atoms with Gasteiger partial charge in [0.05, 0.1) is 16.7 Å². The van der Waals surface area contributed by atoms with Gasteiger partial charge in [-0.3, -0.25) is 4.57 Å². The Balaban J connectivity index is 1.35. The van der Waals surface area contributed by atoms with E-state index in [-0.39, 0.29) is 18.0 Å². The summed E-state index contributed by atoms with van der Waals surface area (Å²) in [6.45, 7) is 5.57. The van der Waals surface area contributed by atoms with Gasteiger partial charge in [-0.2, -0.15) is 0 Å². The van der Waals surface area contributed by atoms with Gasteiger partial charge >= 0.3 is 0 Å². The lowest BCUT2D eigenvalue weighted by Crippen LogP contribution is -2.10. The van der Waals surface area contributed by atoms with E-state index in [2.05, 4.69) is 59.6 Å². The quantitative estimate of drug-likeness (QED) is 0.385. The van der Waals surface area contributed by atoms with E-state index in [9.17, 15) is 4.39 Å². The zero-order valence-electron chi connectivity index (χ0n) is 19.3. The molecule has 6 rings (SSSR count). The van der Waals surface area contributed by atoms with Crippen molar-refractivity contribution in [1.82, 2.24) is 9.55 Å². The Hall–Kier alpha value is -3.38. The molecule has 2 atom stereocenters. The molecule has 1 N–H and O–H groups in total. The average Bonchev–Trinajstić information content (AvgIpc) is 3.55. The zero-order valence-corrected chi connectivity index (χ0v) is 19.3. The number of ether oxygens (including phenoxy) is 2. The predicted molar refractivity (Wildman–Crippen MR) is 131 cm³/mol. The maximum atomic E-state index is 14.0. The monoisotopic (exact) mass is 456 g/mol. The summed E-state index contributed by atoms with van der Waals surface area (Å²) in [4.78, 5) is 4.80. The van der Waals surface area contributed by atoms with Gasteiger partial charge in [-0.1, -0.05) is 18.2 Å². The molecule has 0 spiro atoms. The molecule has 4 aromatic rings. The number of hydrogen-bond donors (Lipinski definition) is 1. The number of halogens is 1. The molecular formula is C28H27FN3O2. The minimum Gasteiger partial charge on any atom is -0.490 e. The second-order valence-electron chi connectivity index (χ2n) is 9.10. The van der Waals surface area contributed by atoms with Crippen molar-refractivity contribution in [3.8, 4) is 11.4 Å². The number of anilines is 1. The van der Waals surface area contributed by atoms with Gasteiger partial charge in [0.2, 0.25) is 0 Å². The number of benzene rings is 3. The summed E-state index contributed by atoms with van der Waals surface area (Å²) < 4.78 is 27.9. The minimum atomic E-state index is -0.281. The van der Waals surface area contributed by atoms with Crippen LogP contribution in [0.15, 0.2) is 54.6 Å². The lowest BCUT2D eigenvalue weighted by Gasteiger charge is -2.18. The fourth-order valence-corrected chi connectivity index (χ4v) is 4.99. The minimum absolute atomic E-state index is 0.0812. The van der Waals surface area contributed by atoms with Gasteiger partial charge in [0.25, 0.3) is 0 Å². The zero-order chi connectivity index (χ0) is 23.2. The number of aromatic nitrogens is 2. The van der Waals surface area contributed by atoms with Crippen molar-refractivity contribution in [2.45, 2.75) is 45.4 Å². The van der Waals surface area contributed by atoms with Crippen molar-refractivity contribution < 1.29 is 13.9 Å². The van der Waals surface area contributed by atoms with Crippen LogP contribution >= 0.6 is 0 Å². The van der Waals surface area contributed by atoms with E-state index in [1.54, 1.807) is 0 Å². The van der Waals surface area contributed by atoms with Crippen LogP contribution in [0.2, 0.25) is 0 Å². The molecule has 0 bridgehead atoms. The highest BCUT2D eigenvalue weighted by Gasteiger charge is 2.26. The summed E-state index contributed by atoms with van der Waals surface area (Å²) in [5.74, 6) is 1.48. The number of hydrogen-bond acceptors (Lipinski definition) is 4. The molecular weight excluding hydrogens is 429 g/mol. The first-order valence-corrected chi connectivity index (χ1v) is 11.8. The molecule has 2 aliphatic rings. The molecule has 0 amide bonds. The van der Waals surface area contributed by atoms with Gasteiger partial charge in [0, 0.05) is 43.0 Å². The Morgan fingerprint density at radius 2 is 2.06 bits per heavy atom. The third-order valence-electron chi connectivity index (χ3n) is 6.74. The first-order chi connectivity index (χ1) is 16.6. The molecule has 0 saturated carbocycles. The fourth-order valence-electron chi connectivity index (χ4n) is 4.99. The van der Waals surface area contributed by atoms with Crippen LogP contribution < -0.4 is 10.1 Å². The molecule has 1 unspecified atom stereocenters. The van der Waals surface area contributed by atoms with Crippen LogP contribution in [0.4, 0.5) is 10.1 Å². The standard InChI is InChI=1S/C28H27FN3O2/c1-17-13-19-8-10-22(15-27(19)34-17)30-16-20-5-3-6-24(18(20)2)32-25-11-9-21(29)14-23(25)31-28(32)26-7-4-12-33-26/h3,5-6,8-11,13-15,17,26,30H,4,7,12,16H2,1-2H3/t17-,26?/m1/s1. The van der Waals surface area contributed by atoms with Crippen molar-refractivity contribution in [3.63, 3.8) is 0 Å². The summed E-state index contributed by atoms with van der Waals surface area (Å²) in [6.07, 6.45) is 4.08. The third kappa shape index (κ3) is 3.72. The maximum Gasteiger partial charge on any atom is 0.143 e. The number of nitrogens with one attached hydrogen (secondary N) is 1. The molecule has 3 aromatic carbocycles. The molecule has 2 aliphatic heterocycles. The van der Waals surface area contributed by atoms with E-state index in [0.717, 1.165) is 59.0 Å². The highest BCUT2D eigenvalue weighted by atomic mass is 19.1. The largest absolute Gasteiger partial charge is 0.490 e. The van der Waals surface area contributed by atoms with Crippen molar-refractivity contribution >= 4 is 16.7 Å². The Morgan fingerprint density at radius 3 is 2.91 bits per heavy atom. The van der Waals surface area contributed by atoms with E-state index < -0.39 is 0 Å². The molecule has 1 fully saturated rings. The van der Waals surface area contributed by atoms with Crippen molar-refractivity contribution in [1.29, 1.82) is 0 Å². The summed E-state index contributed by atoms with van der Waals surface area (Å²) in [5, 5.41) is 3.54. The van der Waals surface area contributed by atoms with Gasteiger partial charge < -0.3 is 14.8 Å². The number of nitrogens with zero attached hydrogens (tertiary/aromatic N) is 2. The third-order valence-corrected chi connectivity index (χ3v) is 6.74. The summed E-state index contributed by atoms with van der Waals surface area (Å²) in [5.41, 5.74) is 7.08. The predicted octanol–water partition coefficient (Wildman–Crippen LogP) is 6.27. The molecule has 0 aliphatic carbocycles. The SMILES string of the molecule is Cc1c(CNc2ccc3c(c2)O[C@H](C)[CH]3)cccc1-n1c(C2CCCO2)nc2cc(F)ccc21. The van der Waals surface area contributed by atoms with Crippen molar-refractivity contribution in [2.24, 2.45) is 0 Å². The fraction of sp³-hybridized carbons (Fsp3) is 0.286. The number of fused-ring (bicyclic) bond motifs is 2. The summed E-state index contributed by atoms with van der Waals surface area (Å²) in [7, 11) is 0. The van der Waals surface area contributed by atoms with Crippen molar-refractivity contribution in [2.75, 3.05) is 11.9 Å². The van der Waals surface area contributed by atoms with Crippen LogP contribution in [0, 0.1) is 19.2 Å². The van der Waals surface area contributed by atoms with Crippen LogP contribution in [-0.4, -0.2) is 22.3 Å². The lowest BCUT2D eigenvalue weighted by atomic mass is 10.1. The van der Waals surface area contributed by atoms with E-state index in [0.29, 0.717) is 12.1 Å². The van der Waals surface area contributed by atoms with E-state index >= 15 is 0 Å².